The van der Waals surface area contributed by atoms with Crippen LogP contribution in [0.1, 0.15) is 46.0 Å². The van der Waals surface area contributed by atoms with Crippen molar-refractivity contribution < 1.29 is 9.84 Å². The fourth-order valence-electron chi connectivity index (χ4n) is 2.88. The summed E-state index contributed by atoms with van der Waals surface area (Å²) in [6.07, 6.45) is 5.45. The van der Waals surface area contributed by atoms with E-state index in [0.29, 0.717) is 12.1 Å². The van der Waals surface area contributed by atoms with E-state index in [1.54, 1.807) is 7.11 Å². The molecular formula is C13H27NO2. The molecule has 1 rings (SSSR count). The van der Waals surface area contributed by atoms with E-state index in [4.69, 9.17) is 4.74 Å². The van der Waals surface area contributed by atoms with Crippen molar-refractivity contribution in [1.82, 2.24) is 4.90 Å². The van der Waals surface area contributed by atoms with Gasteiger partial charge in [0.15, 0.2) is 0 Å². The van der Waals surface area contributed by atoms with Crippen molar-refractivity contribution in [2.24, 2.45) is 0 Å². The Labute approximate surface area is 99.8 Å². The summed E-state index contributed by atoms with van der Waals surface area (Å²) in [5.74, 6) is 0. The van der Waals surface area contributed by atoms with Crippen LogP contribution in [0.25, 0.3) is 0 Å². The molecule has 0 saturated heterocycles. The number of hydrogen-bond donors (Lipinski definition) is 1. The van der Waals surface area contributed by atoms with Crippen molar-refractivity contribution in [2.75, 3.05) is 20.3 Å². The predicted octanol–water partition coefficient (Wildman–Crippen LogP) is 2.04. The van der Waals surface area contributed by atoms with Crippen LogP contribution < -0.4 is 0 Å². The molecule has 96 valence electrons. The molecule has 0 spiro atoms. The molecule has 1 fully saturated rings. The first kappa shape index (κ1) is 13.9. The average Bonchev–Trinajstić information content (AvgIpc) is 2.71. The highest BCUT2D eigenvalue weighted by Gasteiger charge is 2.33. The molecule has 0 aliphatic heterocycles. The molecule has 1 N–H and O–H groups in total. The lowest BCUT2D eigenvalue weighted by atomic mass is 10.1. The third-order valence-electron chi connectivity index (χ3n) is 3.84. The maximum Gasteiger partial charge on any atom is 0.0695 e. The fourth-order valence-corrected chi connectivity index (χ4v) is 2.88. The minimum Gasteiger partial charge on any atom is -0.391 e. The molecule has 3 heteroatoms. The molecule has 3 nitrogen and oxygen atoms in total. The molecule has 1 aliphatic rings. The molecule has 16 heavy (non-hydrogen) atoms. The third-order valence-corrected chi connectivity index (χ3v) is 3.84. The molecule has 2 atom stereocenters. The van der Waals surface area contributed by atoms with Gasteiger partial charge in [0.1, 0.15) is 0 Å². The van der Waals surface area contributed by atoms with Crippen LogP contribution in [0.2, 0.25) is 0 Å². The predicted molar refractivity (Wildman–Crippen MR) is 66.6 cm³/mol. The second-order valence-corrected chi connectivity index (χ2v) is 4.77. The van der Waals surface area contributed by atoms with E-state index >= 15 is 0 Å². The van der Waals surface area contributed by atoms with Gasteiger partial charge in [0.25, 0.3) is 0 Å². The summed E-state index contributed by atoms with van der Waals surface area (Å²) < 4.78 is 5.18. The third kappa shape index (κ3) is 3.44. The fraction of sp³-hybridized carbons (Fsp3) is 1.00. The summed E-state index contributed by atoms with van der Waals surface area (Å²) in [7, 11) is 1.75. The first-order valence-corrected chi connectivity index (χ1v) is 6.67. The molecule has 0 bridgehead atoms. The zero-order valence-corrected chi connectivity index (χ0v) is 11.0. The van der Waals surface area contributed by atoms with Gasteiger partial charge in [-0.05, 0) is 32.1 Å². The molecule has 0 aromatic rings. The van der Waals surface area contributed by atoms with Crippen LogP contribution in [0.15, 0.2) is 0 Å². The van der Waals surface area contributed by atoms with E-state index in [9.17, 15) is 5.11 Å². The zero-order valence-electron chi connectivity index (χ0n) is 11.0. The Morgan fingerprint density at radius 2 is 2.00 bits per heavy atom. The lowest BCUT2D eigenvalue weighted by Crippen LogP contribution is -2.47. The summed E-state index contributed by atoms with van der Waals surface area (Å²) >= 11 is 0. The van der Waals surface area contributed by atoms with Crippen molar-refractivity contribution >= 4 is 0 Å². The van der Waals surface area contributed by atoms with Gasteiger partial charge in [-0.2, -0.15) is 0 Å². The van der Waals surface area contributed by atoms with Gasteiger partial charge >= 0.3 is 0 Å². The second kappa shape index (κ2) is 7.25. The SMILES string of the molecule is CCC(CC)N(CCOC)[C@@H]1CCC[C@H]1O. The lowest BCUT2D eigenvalue weighted by molar-refractivity contribution is 0.0230. The van der Waals surface area contributed by atoms with Gasteiger partial charge in [-0.3, -0.25) is 4.90 Å². The van der Waals surface area contributed by atoms with Gasteiger partial charge in [-0.25, -0.2) is 0 Å². The Balaban J connectivity index is 2.60. The molecule has 0 unspecified atom stereocenters. The van der Waals surface area contributed by atoms with Crippen LogP contribution in [0.5, 0.6) is 0 Å². The summed E-state index contributed by atoms with van der Waals surface area (Å²) in [6.45, 7) is 6.18. The van der Waals surface area contributed by atoms with E-state index in [0.717, 1.165) is 45.3 Å². The number of hydrogen-bond acceptors (Lipinski definition) is 3. The Morgan fingerprint density at radius 1 is 1.31 bits per heavy atom. The van der Waals surface area contributed by atoms with Crippen molar-refractivity contribution in [1.29, 1.82) is 0 Å². The summed E-state index contributed by atoms with van der Waals surface area (Å²) in [6, 6.07) is 0.952. The first-order chi connectivity index (χ1) is 7.74. The van der Waals surface area contributed by atoms with Crippen LogP contribution in [-0.2, 0) is 4.74 Å². The quantitative estimate of drug-likeness (QED) is 0.725. The largest absolute Gasteiger partial charge is 0.391 e. The van der Waals surface area contributed by atoms with Crippen LogP contribution in [0.3, 0.4) is 0 Å². The minimum atomic E-state index is -0.127. The molecule has 0 aromatic carbocycles. The second-order valence-electron chi connectivity index (χ2n) is 4.77. The minimum absolute atomic E-state index is 0.127. The van der Waals surface area contributed by atoms with Crippen LogP contribution >= 0.6 is 0 Å². The Bertz CT molecular complexity index is 183. The zero-order chi connectivity index (χ0) is 12.0. The van der Waals surface area contributed by atoms with Crippen molar-refractivity contribution in [3.05, 3.63) is 0 Å². The van der Waals surface area contributed by atoms with Gasteiger partial charge in [-0.1, -0.05) is 13.8 Å². The number of nitrogens with zero attached hydrogens (tertiary/aromatic N) is 1. The highest BCUT2D eigenvalue weighted by atomic mass is 16.5. The summed E-state index contributed by atoms with van der Waals surface area (Å²) in [5, 5.41) is 10.0. The molecular weight excluding hydrogens is 202 g/mol. The summed E-state index contributed by atoms with van der Waals surface area (Å²) in [4.78, 5) is 2.47. The number of aliphatic hydroxyl groups is 1. The maximum absolute atomic E-state index is 10.0. The van der Waals surface area contributed by atoms with E-state index in [1.807, 2.05) is 0 Å². The molecule has 1 aliphatic carbocycles. The molecule has 0 amide bonds. The van der Waals surface area contributed by atoms with Crippen LogP contribution in [0, 0.1) is 0 Å². The number of methoxy groups -OCH3 is 1. The van der Waals surface area contributed by atoms with Gasteiger partial charge in [0.05, 0.1) is 12.7 Å². The lowest BCUT2D eigenvalue weighted by Gasteiger charge is -2.37. The van der Waals surface area contributed by atoms with E-state index in [1.165, 1.54) is 0 Å². The summed E-state index contributed by atoms with van der Waals surface area (Å²) in [5.41, 5.74) is 0. The normalized spacial score (nSPS) is 25.9. The molecule has 0 heterocycles. The topological polar surface area (TPSA) is 32.7 Å². The number of ether oxygens (including phenoxy) is 1. The Hall–Kier alpha value is -0.120. The Kier molecular flexibility index (Phi) is 6.32. The van der Waals surface area contributed by atoms with Crippen molar-refractivity contribution in [3.63, 3.8) is 0 Å². The standard InChI is InChI=1S/C13H27NO2/c1-4-11(5-2)14(9-10-16-3)12-7-6-8-13(12)15/h11-13,15H,4-10H2,1-3H3/t12-,13-/m1/s1. The van der Waals surface area contributed by atoms with Crippen LogP contribution in [-0.4, -0.2) is 48.5 Å². The molecule has 0 radical (unpaired) electrons. The monoisotopic (exact) mass is 229 g/mol. The number of aliphatic hydroxyl groups excluding tert-OH is 1. The average molecular weight is 229 g/mol. The van der Waals surface area contributed by atoms with Crippen LogP contribution in [0.4, 0.5) is 0 Å². The maximum atomic E-state index is 10.0. The number of rotatable bonds is 7. The van der Waals surface area contributed by atoms with Gasteiger partial charge in [0.2, 0.25) is 0 Å². The van der Waals surface area contributed by atoms with E-state index in [-0.39, 0.29) is 6.10 Å². The molecule has 1 saturated carbocycles. The van der Waals surface area contributed by atoms with Crippen molar-refractivity contribution in [2.45, 2.75) is 64.1 Å². The van der Waals surface area contributed by atoms with E-state index < -0.39 is 0 Å². The van der Waals surface area contributed by atoms with Gasteiger partial charge in [-0.15, -0.1) is 0 Å². The van der Waals surface area contributed by atoms with Crippen molar-refractivity contribution in [3.8, 4) is 0 Å². The highest BCUT2D eigenvalue weighted by molar-refractivity contribution is 4.88. The molecule has 0 aromatic heterocycles. The first-order valence-electron chi connectivity index (χ1n) is 6.67. The highest BCUT2D eigenvalue weighted by Crippen LogP contribution is 2.27. The van der Waals surface area contributed by atoms with Gasteiger partial charge < -0.3 is 9.84 Å². The smallest absolute Gasteiger partial charge is 0.0695 e. The van der Waals surface area contributed by atoms with E-state index in [2.05, 4.69) is 18.7 Å². The van der Waals surface area contributed by atoms with Gasteiger partial charge in [0, 0.05) is 25.7 Å². The Morgan fingerprint density at radius 3 is 2.44 bits per heavy atom.